The number of hydrogen-bond acceptors (Lipinski definition) is 6. The van der Waals surface area contributed by atoms with E-state index in [9.17, 15) is 0 Å². The van der Waals surface area contributed by atoms with E-state index < -0.39 is 0 Å². The maximum atomic E-state index is 5.15. The van der Waals surface area contributed by atoms with E-state index in [4.69, 9.17) is 4.74 Å². The Kier molecular flexibility index (Phi) is 4.71. The second-order valence-electron chi connectivity index (χ2n) is 5.88. The molecule has 0 amide bonds. The molecular formula is C17H23N5O. The Morgan fingerprint density at radius 2 is 1.70 bits per heavy atom. The van der Waals surface area contributed by atoms with E-state index in [2.05, 4.69) is 37.7 Å². The Balaban J connectivity index is 1.69. The second-order valence-corrected chi connectivity index (χ2v) is 5.88. The highest BCUT2D eigenvalue weighted by Gasteiger charge is 2.20. The van der Waals surface area contributed by atoms with Crippen molar-refractivity contribution in [3.8, 4) is 0 Å². The lowest BCUT2D eigenvalue weighted by Gasteiger charge is -2.36. The van der Waals surface area contributed by atoms with Crippen LogP contribution in [0.25, 0.3) is 0 Å². The molecule has 1 aliphatic rings. The summed E-state index contributed by atoms with van der Waals surface area (Å²) in [5, 5.41) is 0. The summed E-state index contributed by atoms with van der Waals surface area (Å²) in [6.07, 6.45) is 1.88. The molecule has 1 aliphatic heterocycles. The first-order valence-electron chi connectivity index (χ1n) is 7.92. The maximum Gasteiger partial charge on any atom is 0.156 e. The van der Waals surface area contributed by atoms with Gasteiger partial charge in [-0.15, -0.1) is 0 Å². The van der Waals surface area contributed by atoms with Crippen LogP contribution in [0, 0.1) is 13.8 Å². The Morgan fingerprint density at radius 3 is 2.35 bits per heavy atom. The standard InChI is InChI=1S/C17H23N5O/c1-13-4-5-18-16(10-13)21-6-8-22(9-7-21)17-11-14(2)19-15(20-17)12-23-3/h4-5,10-11H,6-9,12H2,1-3H3. The summed E-state index contributed by atoms with van der Waals surface area (Å²) in [7, 11) is 1.67. The van der Waals surface area contributed by atoms with Gasteiger partial charge in [0.05, 0.1) is 0 Å². The van der Waals surface area contributed by atoms with Crippen LogP contribution in [0.4, 0.5) is 11.6 Å². The summed E-state index contributed by atoms with van der Waals surface area (Å²) in [5.74, 6) is 2.79. The van der Waals surface area contributed by atoms with E-state index in [1.807, 2.05) is 25.3 Å². The minimum absolute atomic E-state index is 0.446. The van der Waals surface area contributed by atoms with Gasteiger partial charge in [0.25, 0.3) is 0 Å². The number of methoxy groups -OCH3 is 1. The fourth-order valence-corrected chi connectivity index (χ4v) is 2.83. The van der Waals surface area contributed by atoms with E-state index >= 15 is 0 Å². The normalized spacial score (nSPS) is 15.1. The number of nitrogens with zero attached hydrogens (tertiary/aromatic N) is 5. The highest BCUT2D eigenvalue weighted by atomic mass is 16.5. The topological polar surface area (TPSA) is 54.4 Å². The van der Waals surface area contributed by atoms with Crippen molar-refractivity contribution in [2.45, 2.75) is 20.5 Å². The molecule has 0 bridgehead atoms. The molecule has 23 heavy (non-hydrogen) atoms. The minimum Gasteiger partial charge on any atom is -0.377 e. The molecule has 6 heteroatoms. The first-order valence-corrected chi connectivity index (χ1v) is 7.92. The van der Waals surface area contributed by atoms with Gasteiger partial charge in [0.1, 0.15) is 18.2 Å². The van der Waals surface area contributed by atoms with Crippen molar-refractivity contribution >= 4 is 11.6 Å². The van der Waals surface area contributed by atoms with Crippen LogP contribution in [0.15, 0.2) is 24.4 Å². The average Bonchev–Trinajstić information content (AvgIpc) is 2.55. The van der Waals surface area contributed by atoms with Crippen LogP contribution in [0.1, 0.15) is 17.1 Å². The van der Waals surface area contributed by atoms with Gasteiger partial charge in [-0.1, -0.05) is 0 Å². The first kappa shape index (κ1) is 15.7. The Hall–Kier alpha value is -2.21. The Bertz CT molecular complexity index is 668. The molecule has 0 unspecified atom stereocenters. The van der Waals surface area contributed by atoms with Crippen molar-refractivity contribution < 1.29 is 4.74 Å². The molecule has 3 heterocycles. The summed E-state index contributed by atoms with van der Waals surface area (Å²) in [4.78, 5) is 18.1. The molecule has 0 aromatic carbocycles. The first-order chi connectivity index (χ1) is 11.2. The molecule has 0 aliphatic carbocycles. The van der Waals surface area contributed by atoms with Gasteiger partial charge in [0.2, 0.25) is 0 Å². The molecule has 122 valence electrons. The van der Waals surface area contributed by atoms with Crippen LogP contribution in [0.3, 0.4) is 0 Å². The maximum absolute atomic E-state index is 5.15. The average molecular weight is 313 g/mol. The summed E-state index contributed by atoms with van der Waals surface area (Å²) in [6, 6.07) is 6.21. The van der Waals surface area contributed by atoms with Crippen LogP contribution in [-0.4, -0.2) is 48.2 Å². The van der Waals surface area contributed by atoms with Crippen LogP contribution in [-0.2, 0) is 11.3 Å². The molecule has 3 rings (SSSR count). The lowest BCUT2D eigenvalue weighted by atomic mass is 10.2. The summed E-state index contributed by atoms with van der Waals surface area (Å²) in [6.45, 7) is 8.29. The minimum atomic E-state index is 0.446. The highest BCUT2D eigenvalue weighted by Crippen LogP contribution is 2.19. The van der Waals surface area contributed by atoms with E-state index in [1.165, 1.54) is 5.56 Å². The Morgan fingerprint density at radius 1 is 1.00 bits per heavy atom. The lowest BCUT2D eigenvalue weighted by Crippen LogP contribution is -2.47. The number of aromatic nitrogens is 3. The lowest BCUT2D eigenvalue weighted by molar-refractivity contribution is 0.177. The third-order valence-corrected chi connectivity index (χ3v) is 3.99. The molecule has 1 saturated heterocycles. The fraction of sp³-hybridized carbons (Fsp3) is 0.471. The van der Waals surface area contributed by atoms with Gasteiger partial charge in [0.15, 0.2) is 5.82 Å². The van der Waals surface area contributed by atoms with E-state index in [1.54, 1.807) is 7.11 Å². The molecule has 2 aromatic heterocycles. The molecule has 1 fully saturated rings. The molecule has 2 aromatic rings. The number of ether oxygens (including phenoxy) is 1. The summed E-state index contributed by atoms with van der Waals surface area (Å²) < 4.78 is 5.15. The summed E-state index contributed by atoms with van der Waals surface area (Å²) >= 11 is 0. The zero-order chi connectivity index (χ0) is 16.2. The van der Waals surface area contributed by atoms with Gasteiger partial charge in [0, 0.05) is 51.2 Å². The van der Waals surface area contributed by atoms with Gasteiger partial charge in [-0.05, 0) is 31.5 Å². The molecule has 0 atom stereocenters. The van der Waals surface area contributed by atoms with E-state index in [0.29, 0.717) is 6.61 Å². The largest absolute Gasteiger partial charge is 0.377 e. The van der Waals surface area contributed by atoms with Crippen LogP contribution in [0.2, 0.25) is 0 Å². The number of hydrogen-bond donors (Lipinski definition) is 0. The van der Waals surface area contributed by atoms with Gasteiger partial charge < -0.3 is 14.5 Å². The van der Waals surface area contributed by atoms with Crippen molar-refractivity contribution in [1.82, 2.24) is 15.0 Å². The van der Waals surface area contributed by atoms with Gasteiger partial charge in [-0.25, -0.2) is 15.0 Å². The van der Waals surface area contributed by atoms with Gasteiger partial charge >= 0.3 is 0 Å². The highest BCUT2D eigenvalue weighted by molar-refractivity contribution is 5.46. The molecule has 0 spiro atoms. The monoisotopic (exact) mass is 313 g/mol. The van der Waals surface area contributed by atoms with Gasteiger partial charge in [-0.3, -0.25) is 0 Å². The van der Waals surface area contributed by atoms with E-state index in [-0.39, 0.29) is 0 Å². The molecular weight excluding hydrogens is 290 g/mol. The third-order valence-electron chi connectivity index (χ3n) is 3.99. The smallest absolute Gasteiger partial charge is 0.156 e. The van der Waals surface area contributed by atoms with E-state index in [0.717, 1.165) is 49.3 Å². The fourth-order valence-electron chi connectivity index (χ4n) is 2.83. The van der Waals surface area contributed by atoms with Crippen LogP contribution < -0.4 is 9.80 Å². The zero-order valence-corrected chi connectivity index (χ0v) is 14.0. The molecule has 6 nitrogen and oxygen atoms in total. The predicted molar refractivity (Wildman–Crippen MR) is 90.9 cm³/mol. The number of aryl methyl sites for hydroxylation is 2. The molecule has 0 saturated carbocycles. The Labute approximate surface area is 137 Å². The van der Waals surface area contributed by atoms with Gasteiger partial charge in [-0.2, -0.15) is 0 Å². The molecule has 0 N–H and O–H groups in total. The van der Waals surface area contributed by atoms with Crippen LogP contribution >= 0.6 is 0 Å². The predicted octanol–water partition coefficient (Wildman–Crippen LogP) is 1.96. The van der Waals surface area contributed by atoms with Crippen molar-refractivity contribution in [1.29, 1.82) is 0 Å². The zero-order valence-electron chi connectivity index (χ0n) is 14.0. The van der Waals surface area contributed by atoms with Crippen molar-refractivity contribution in [3.05, 3.63) is 41.5 Å². The van der Waals surface area contributed by atoms with Crippen LogP contribution in [0.5, 0.6) is 0 Å². The van der Waals surface area contributed by atoms with Crippen molar-refractivity contribution in [2.75, 3.05) is 43.1 Å². The second kappa shape index (κ2) is 6.91. The third kappa shape index (κ3) is 3.76. The van der Waals surface area contributed by atoms with Crippen molar-refractivity contribution in [3.63, 3.8) is 0 Å². The summed E-state index contributed by atoms with van der Waals surface area (Å²) in [5.41, 5.74) is 2.22. The number of rotatable bonds is 4. The molecule has 0 radical (unpaired) electrons. The number of anilines is 2. The number of piperazine rings is 1. The van der Waals surface area contributed by atoms with Crippen molar-refractivity contribution in [2.24, 2.45) is 0 Å². The quantitative estimate of drug-likeness (QED) is 0.860. The SMILES string of the molecule is COCc1nc(C)cc(N2CCN(c3cc(C)ccn3)CC2)n1. The number of pyridine rings is 1.